The van der Waals surface area contributed by atoms with Gasteiger partial charge in [0.2, 0.25) is 0 Å². The monoisotopic (exact) mass is 362 g/mol. The fourth-order valence-electron chi connectivity index (χ4n) is 3.12. The van der Waals surface area contributed by atoms with Crippen LogP contribution in [0.2, 0.25) is 0 Å². The molecule has 1 aromatic rings. The molecule has 3 nitrogen and oxygen atoms in total. The molecule has 1 aliphatic carbocycles. The lowest BCUT2D eigenvalue weighted by Crippen LogP contribution is -2.45. The summed E-state index contributed by atoms with van der Waals surface area (Å²) in [5.74, 6) is -1.87. The van der Waals surface area contributed by atoms with Gasteiger partial charge in [-0.3, -0.25) is 0 Å². The number of hydrogen-bond donors (Lipinski definition) is 1. The van der Waals surface area contributed by atoms with Crippen LogP contribution in [0.4, 0.5) is 8.78 Å². The zero-order chi connectivity index (χ0) is 15.1. The topological polar surface area (TPSA) is 38.7 Å². The third-order valence-corrected chi connectivity index (χ3v) is 5.01. The molecular formula is C15H17BrF2O3. The number of ether oxygens (including phenoxy) is 2. The van der Waals surface area contributed by atoms with Crippen molar-refractivity contribution in [3.05, 3.63) is 33.8 Å². The van der Waals surface area contributed by atoms with E-state index in [9.17, 15) is 13.9 Å². The van der Waals surface area contributed by atoms with E-state index in [0.717, 1.165) is 0 Å². The molecule has 1 saturated carbocycles. The highest BCUT2D eigenvalue weighted by Gasteiger charge is 2.46. The van der Waals surface area contributed by atoms with Crippen LogP contribution in [-0.4, -0.2) is 29.7 Å². The number of halogens is 3. The van der Waals surface area contributed by atoms with E-state index in [-0.39, 0.29) is 16.5 Å². The maximum Gasteiger partial charge on any atom is 0.168 e. The predicted molar refractivity (Wildman–Crippen MR) is 75.8 cm³/mol. The van der Waals surface area contributed by atoms with E-state index in [4.69, 9.17) is 9.47 Å². The number of aliphatic hydroxyl groups is 1. The fraction of sp³-hybridized carbons (Fsp3) is 0.600. The van der Waals surface area contributed by atoms with Gasteiger partial charge in [-0.2, -0.15) is 0 Å². The first-order valence-corrected chi connectivity index (χ1v) is 7.85. The Balaban J connectivity index is 1.75. The normalized spacial score (nSPS) is 23.6. The van der Waals surface area contributed by atoms with Gasteiger partial charge in [-0.15, -0.1) is 0 Å². The number of rotatable bonds is 2. The van der Waals surface area contributed by atoms with Crippen LogP contribution in [0, 0.1) is 11.6 Å². The van der Waals surface area contributed by atoms with Crippen molar-refractivity contribution in [2.45, 2.75) is 43.5 Å². The van der Waals surface area contributed by atoms with Gasteiger partial charge in [-0.05, 0) is 40.9 Å². The zero-order valence-corrected chi connectivity index (χ0v) is 13.1. The predicted octanol–water partition coefficient (Wildman–Crippen LogP) is 3.32. The standard InChI is InChI=1S/C15H17BrF2O3/c16-11-1-2-12(17)10(13(11)18)9-14(19)3-5-15(6-4-14)20-7-8-21-15/h1-2,19H,3-9H2. The molecule has 1 saturated heterocycles. The second kappa shape index (κ2) is 5.57. The lowest BCUT2D eigenvalue weighted by Gasteiger charge is -2.40. The van der Waals surface area contributed by atoms with Crippen LogP contribution < -0.4 is 0 Å². The zero-order valence-electron chi connectivity index (χ0n) is 11.5. The highest BCUT2D eigenvalue weighted by atomic mass is 79.9. The minimum absolute atomic E-state index is 0.0415. The summed E-state index contributed by atoms with van der Waals surface area (Å²) < 4.78 is 39.3. The summed E-state index contributed by atoms with van der Waals surface area (Å²) >= 11 is 3.05. The van der Waals surface area contributed by atoms with Gasteiger partial charge < -0.3 is 14.6 Å². The lowest BCUT2D eigenvalue weighted by molar-refractivity contribution is -0.202. The van der Waals surface area contributed by atoms with Gasteiger partial charge in [0, 0.05) is 24.8 Å². The van der Waals surface area contributed by atoms with Gasteiger partial charge in [-0.25, -0.2) is 8.78 Å². The summed E-state index contributed by atoms with van der Waals surface area (Å²) in [5.41, 5.74) is -1.20. The quantitative estimate of drug-likeness (QED) is 0.820. The molecule has 6 heteroatoms. The first-order chi connectivity index (χ1) is 9.93. The Morgan fingerprint density at radius 2 is 1.71 bits per heavy atom. The summed E-state index contributed by atoms with van der Waals surface area (Å²) in [7, 11) is 0. The van der Waals surface area contributed by atoms with Gasteiger partial charge in [0.25, 0.3) is 0 Å². The first-order valence-electron chi connectivity index (χ1n) is 7.06. The summed E-state index contributed by atoms with van der Waals surface area (Å²) in [5, 5.41) is 10.6. The van der Waals surface area contributed by atoms with Gasteiger partial charge in [0.1, 0.15) is 11.6 Å². The first kappa shape index (κ1) is 15.3. The molecule has 3 rings (SSSR count). The highest BCUT2D eigenvalue weighted by Crippen LogP contribution is 2.42. The molecule has 1 aliphatic heterocycles. The van der Waals surface area contributed by atoms with E-state index in [1.54, 1.807) is 0 Å². The van der Waals surface area contributed by atoms with E-state index in [2.05, 4.69) is 15.9 Å². The molecule has 1 N–H and O–H groups in total. The molecule has 0 atom stereocenters. The van der Waals surface area contributed by atoms with Crippen molar-refractivity contribution in [1.29, 1.82) is 0 Å². The summed E-state index contributed by atoms with van der Waals surface area (Å²) in [6.07, 6.45) is 1.85. The van der Waals surface area contributed by atoms with Gasteiger partial charge in [0.05, 0.1) is 23.3 Å². The molecule has 1 spiro atoms. The van der Waals surface area contributed by atoms with Crippen LogP contribution in [0.1, 0.15) is 31.2 Å². The molecule has 2 fully saturated rings. The molecule has 1 aromatic carbocycles. The molecule has 116 valence electrons. The average Bonchev–Trinajstić information content (AvgIpc) is 2.92. The third kappa shape index (κ3) is 2.99. The third-order valence-electron chi connectivity index (χ3n) is 4.40. The molecule has 2 aliphatic rings. The fourth-order valence-corrected chi connectivity index (χ4v) is 3.49. The van der Waals surface area contributed by atoms with Gasteiger partial charge >= 0.3 is 0 Å². The molecule has 21 heavy (non-hydrogen) atoms. The maximum absolute atomic E-state index is 14.0. The Bertz CT molecular complexity index is 534. The molecular weight excluding hydrogens is 346 g/mol. The van der Waals surface area contributed by atoms with Crippen LogP contribution in [0.3, 0.4) is 0 Å². The van der Waals surface area contributed by atoms with E-state index in [1.807, 2.05) is 0 Å². The van der Waals surface area contributed by atoms with Gasteiger partial charge in [0.15, 0.2) is 5.79 Å². The average molecular weight is 363 g/mol. The highest BCUT2D eigenvalue weighted by molar-refractivity contribution is 9.10. The molecule has 1 heterocycles. The number of hydrogen-bond acceptors (Lipinski definition) is 3. The summed E-state index contributed by atoms with van der Waals surface area (Å²) in [4.78, 5) is 0. The minimum Gasteiger partial charge on any atom is -0.390 e. The Morgan fingerprint density at radius 3 is 2.33 bits per heavy atom. The lowest BCUT2D eigenvalue weighted by atomic mass is 9.77. The molecule has 0 amide bonds. The van der Waals surface area contributed by atoms with Gasteiger partial charge in [-0.1, -0.05) is 0 Å². The van der Waals surface area contributed by atoms with Crippen LogP contribution in [0.5, 0.6) is 0 Å². The van der Waals surface area contributed by atoms with Crippen molar-refractivity contribution in [3.8, 4) is 0 Å². The van der Waals surface area contributed by atoms with Crippen LogP contribution in [0.25, 0.3) is 0 Å². The Kier molecular flexibility index (Phi) is 4.07. The van der Waals surface area contributed by atoms with Crippen LogP contribution >= 0.6 is 15.9 Å². The van der Waals surface area contributed by atoms with Crippen molar-refractivity contribution in [2.75, 3.05) is 13.2 Å². The second-order valence-corrected chi connectivity index (χ2v) is 6.68. The van der Waals surface area contributed by atoms with Crippen molar-refractivity contribution in [3.63, 3.8) is 0 Å². The van der Waals surface area contributed by atoms with E-state index in [0.29, 0.717) is 38.9 Å². The van der Waals surface area contributed by atoms with E-state index >= 15 is 0 Å². The van der Waals surface area contributed by atoms with Crippen molar-refractivity contribution < 1.29 is 23.4 Å². The summed E-state index contributed by atoms with van der Waals surface area (Å²) in [6, 6.07) is 2.54. The largest absolute Gasteiger partial charge is 0.390 e. The smallest absolute Gasteiger partial charge is 0.168 e. The molecule has 0 unspecified atom stereocenters. The Hall–Kier alpha value is -0.560. The second-order valence-electron chi connectivity index (χ2n) is 5.83. The number of benzene rings is 1. The van der Waals surface area contributed by atoms with Crippen molar-refractivity contribution in [2.24, 2.45) is 0 Å². The van der Waals surface area contributed by atoms with Crippen molar-refractivity contribution >= 4 is 15.9 Å². The van der Waals surface area contributed by atoms with E-state index in [1.165, 1.54) is 12.1 Å². The molecule has 0 aromatic heterocycles. The van der Waals surface area contributed by atoms with E-state index < -0.39 is 23.0 Å². The Labute approximate surface area is 130 Å². The molecule has 0 bridgehead atoms. The minimum atomic E-state index is -1.12. The van der Waals surface area contributed by atoms with Crippen LogP contribution in [-0.2, 0) is 15.9 Å². The van der Waals surface area contributed by atoms with Crippen molar-refractivity contribution in [1.82, 2.24) is 0 Å². The SMILES string of the molecule is OC1(Cc2c(F)ccc(Br)c2F)CCC2(CC1)OCCO2. The molecule has 0 radical (unpaired) electrons. The van der Waals surface area contributed by atoms with Crippen LogP contribution in [0.15, 0.2) is 16.6 Å². The summed E-state index contributed by atoms with van der Waals surface area (Å²) in [6.45, 7) is 1.13. The maximum atomic E-state index is 14.0. The Morgan fingerprint density at radius 1 is 1.10 bits per heavy atom.